The van der Waals surface area contributed by atoms with Crippen LogP contribution in [0.1, 0.15) is 31.2 Å². The van der Waals surface area contributed by atoms with Crippen molar-refractivity contribution >= 4 is 11.6 Å². The van der Waals surface area contributed by atoms with E-state index in [1.54, 1.807) is 10.7 Å². The molecule has 2 rings (SSSR count). The summed E-state index contributed by atoms with van der Waals surface area (Å²) in [5.41, 5.74) is 2.21. The highest BCUT2D eigenvalue weighted by atomic mass is 35.5. The van der Waals surface area contributed by atoms with Crippen LogP contribution in [0.2, 0.25) is 5.02 Å². The Morgan fingerprint density at radius 2 is 2.11 bits per heavy atom. The minimum atomic E-state index is -0.457. The lowest BCUT2D eigenvalue weighted by molar-refractivity contribution is 0.276. The van der Waals surface area contributed by atoms with Crippen molar-refractivity contribution in [3.05, 3.63) is 46.5 Å². The van der Waals surface area contributed by atoms with E-state index in [1.807, 2.05) is 19.9 Å². The van der Waals surface area contributed by atoms with Gasteiger partial charge in [0.2, 0.25) is 0 Å². The molecule has 1 heterocycles. The third-order valence-corrected chi connectivity index (χ3v) is 2.98. The maximum Gasteiger partial charge on any atom is 0.141 e. The van der Waals surface area contributed by atoms with Crippen LogP contribution in [-0.2, 0) is 6.61 Å². The Morgan fingerprint density at radius 3 is 2.67 bits per heavy atom. The van der Waals surface area contributed by atoms with Gasteiger partial charge in [0.1, 0.15) is 5.82 Å². The Kier molecular flexibility index (Phi) is 3.68. The van der Waals surface area contributed by atoms with Crippen LogP contribution in [-0.4, -0.2) is 14.9 Å². The fraction of sp³-hybridized carbons (Fsp3) is 0.308. The lowest BCUT2D eigenvalue weighted by Crippen LogP contribution is -2.04. The van der Waals surface area contributed by atoms with E-state index < -0.39 is 5.82 Å². The van der Waals surface area contributed by atoms with Crippen molar-refractivity contribution in [3.8, 4) is 5.69 Å². The maximum absolute atomic E-state index is 13.1. The van der Waals surface area contributed by atoms with Crippen LogP contribution >= 0.6 is 11.6 Å². The number of rotatable bonds is 3. The van der Waals surface area contributed by atoms with Crippen molar-refractivity contribution in [2.24, 2.45) is 0 Å². The van der Waals surface area contributed by atoms with E-state index >= 15 is 0 Å². The molecule has 0 saturated heterocycles. The fourth-order valence-corrected chi connectivity index (χ4v) is 1.93. The molecule has 0 amide bonds. The van der Waals surface area contributed by atoms with Crippen molar-refractivity contribution in [3.63, 3.8) is 0 Å². The Bertz CT molecular complexity index is 566. The molecule has 0 spiro atoms. The predicted octanol–water partition coefficient (Wildman–Crippen LogP) is 3.28. The van der Waals surface area contributed by atoms with Gasteiger partial charge in [0.05, 0.1) is 23.0 Å². The summed E-state index contributed by atoms with van der Waals surface area (Å²) in [4.78, 5) is 0. The average molecular weight is 269 g/mol. The van der Waals surface area contributed by atoms with E-state index in [4.69, 9.17) is 16.7 Å². The molecule has 5 heteroatoms. The summed E-state index contributed by atoms with van der Waals surface area (Å²) in [5.74, 6) is -0.220. The standard InChI is InChI=1S/C13H14ClFN2O/c1-8(2)13-5-9(7-18)16-17(13)10-3-4-12(15)11(14)6-10/h3-6,8,18H,7H2,1-2H3. The van der Waals surface area contributed by atoms with Gasteiger partial charge < -0.3 is 5.11 Å². The normalized spacial score (nSPS) is 11.2. The zero-order valence-corrected chi connectivity index (χ0v) is 10.9. The van der Waals surface area contributed by atoms with Crippen molar-refractivity contribution in [2.75, 3.05) is 0 Å². The molecule has 18 heavy (non-hydrogen) atoms. The lowest BCUT2D eigenvalue weighted by Gasteiger charge is -2.10. The Hall–Kier alpha value is -1.39. The fourth-order valence-electron chi connectivity index (χ4n) is 1.76. The third kappa shape index (κ3) is 2.40. The highest BCUT2D eigenvalue weighted by Crippen LogP contribution is 2.23. The predicted molar refractivity (Wildman–Crippen MR) is 68.5 cm³/mol. The number of aliphatic hydroxyl groups excluding tert-OH is 1. The lowest BCUT2D eigenvalue weighted by atomic mass is 10.1. The number of benzene rings is 1. The summed E-state index contributed by atoms with van der Waals surface area (Å²) in [7, 11) is 0. The molecule has 0 aliphatic rings. The summed E-state index contributed by atoms with van der Waals surface area (Å²) >= 11 is 5.77. The first-order valence-corrected chi connectivity index (χ1v) is 6.06. The van der Waals surface area contributed by atoms with Gasteiger partial charge in [0.15, 0.2) is 0 Å². The SMILES string of the molecule is CC(C)c1cc(CO)nn1-c1ccc(F)c(Cl)c1. The van der Waals surface area contributed by atoms with Gasteiger partial charge in [-0.05, 0) is 30.2 Å². The molecule has 0 aliphatic heterocycles. The van der Waals surface area contributed by atoms with Crippen LogP contribution in [0, 0.1) is 5.82 Å². The molecular weight excluding hydrogens is 255 g/mol. The van der Waals surface area contributed by atoms with E-state index in [1.165, 1.54) is 12.1 Å². The van der Waals surface area contributed by atoms with Crippen molar-refractivity contribution in [2.45, 2.75) is 26.4 Å². The summed E-state index contributed by atoms with van der Waals surface area (Å²) in [5, 5.41) is 13.5. The number of aliphatic hydroxyl groups is 1. The minimum Gasteiger partial charge on any atom is -0.390 e. The molecular formula is C13H14ClFN2O. The van der Waals surface area contributed by atoms with Gasteiger partial charge in [-0.3, -0.25) is 0 Å². The first kappa shape index (κ1) is 13.1. The second-order valence-corrected chi connectivity index (χ2v) is 4.79. The van der Waals surface area contributed by atoms with Gasteiger partial charge in [-0.1, -0.05) is 25.4 Å². The van der Waals surface area contributed by atoms with E-state index in [0.717, 1.165) is 5.69 Å². The molecule has 1 aromatic heterocycles. The summed E-state index contributed by atoms with van der Waals surface area (Å²) in [6.45, 7) is 3.93. The zero-order valence-electron chi connectivity index (χ0n) is 10.2. The van der Waals surface area contributed by atoms with Gasteiger partial charge in [-0.15, -0.1) is 0 Å². The van der Waals surface area contributed by atoms with Crippen molar-refractivity contribution in [1.82, 2.24) is 9.78 Å². The van der Waals surface area contributed by atoms with Crippen LogP contribution in [0.4, 0.5) is 4.39 Å². The molecule has 0 saturated carbocycles. The Morgan fingerprint density at radius 1 is 1.39 bits per heavy atom. The topological polar surface area (TPSA) is 38.1 Å². The molecule has 2 aromatic rings. The van der Waals surface area contributed by atoms with Gasteiger partial charge in [-0.25, -0.2) is 9.07 Å². The van der Waals surface area contributed by atoms with Gasteiger partial charge in [-0.2, -0.15) is 5.10 Å². The first-order valence-electron chi connectivity index (χ1n) is 5.68. The molecule has 0 atom stereocenters. The maximum atomic E-state index is 13.1. The third-order valence-electron chi connectivity index (χ3n) is 2.69. The van der Waals surface area contributed by atoms with E-state index in [2.05, 4.69) is 5.10 Å². The summed E-state index contributed by atoms with van der Waals surface area (Å²) < 4.78 is 14.8. The molecule has 0 aliphatic carbocycles. The van der Waals surface area contributed by atoms with Crippen molar-refractivity contribution < 1.29 is 9.50 Å². The summed E-state index contributed by atoms with van der Waals surface area (Å²) in [6.07, 6.45) is 0. The average Bonchev–Trinajstić information content (AvgIpc) is 2.77. The van der Waals surface area contributed by atoms with Gasteiger partial charge in [0, 0.05) is 5.69 Å². The van der Waals surface area contributed by atoms with Crippen LogP contribution in [0.15, 0.2) is 24.3 Å². The monoisotopic (exact) mass is 268 g/mol. The Balaban J connectivity index is 2.54. The van der Waals surface area contributed by atoms with E-state index in [-0.39, 0.29) is 17.5 Å². The minimum absolute atomic E-state index is 0.0586. The van der Waals surface area contributed by atoms with E-state index in [9.17, 15) is 4.39 Å². The highest BCUT2D eigenvalue weighted by molar-refractivity contribution is 6.30. The molecule has 0 bridgehead atoms. The van der Waals surface area contributed by atoms with E-state index in [0.29, 0.717) is 11.4 Å². The molecule has 0 radical (unpaired) electrons. The molecule has 96 valence electrons. The smallest absolute Gasteiger partial charge is 0.141 e. The van der Waals surface area contributed by atoms with Crippen LogP contribution < -0.4 is 0 Å². The largest absolute Gasteiger partial charge is 0.390 e. The van der Waals surface area contributed by atoms with Crippen molar-refractivity contribution in [1.29, 1.82) is 0 Å². The number of halogens is 2. The highest BCUT2D eigenvalue weighted by Gasteiger charge is 2.13. The number of nitrogens with zero attached hydrogens (tertiary/aromatic N) is 2. The van der Waals surface area contributed by atoms with Gasteiger partial charge in [0.25, 0.3) is 0 Å². The number of aromatic nitrogens is 2. The first-order chi connectivity index (χ1) is 8.52. The molecule has 0 unspecified atom stereocenters. The van der Waals surface area contributed by atoms with Crippen LogP contribution in [0.3, 0.4) is 0 Å². The van der Waals surface area contributed by atoms with Crippen LogP contribution in [0.25, 0.3) is 5.69 Å². The quantitative estimate of drug-likeness (QED) is 0.928. The van der Waals surface area contributed by atoms with Gasteiger partial charge >= 0.3 is 0 Å². The zero-order chi connectivity index (χ0) is 13.3. The number of hydrogen-bond acceptors (Lipinski definition) is 2. The number of hydrogen-bond donors (Lipinski definition) is 1. The van der Waals surface area contributed by atoms with Crippen LogP contribution in [0.5, 0.6) is 0 Å². The molecule has 0 fully saturated rings. The molecule has 1 N–H and O–H groups in total. The molecule has 1 aromatic carbocycles. The summed E-state index contributed by atoms with van der Waals surface area (Å²) in [6, 6.07) is 6.28. The second-order valence-electron chi connectivity index (χ2n) is 4.38. The Labute approximate surface area is 110 Å². The second kappa shape index (κ2) is 5.08. The molecule has 3 nitrogen and oxygen atoms in total.